The molecule has 1 atom stereocenters. The minimum absolute atomic E-state index is 0.236. The van der Waals surface area contributed by atoms with Gasteiger partial charge in [-0.15, -0.1) is 0 Å². The molecule has 0 amide bonds. The van der Waals surface area contributed by atoms with Crippen molar-refractivity contribution in [3.8, 4) is 5.75 Å². The van der Waals surface area contributed by atoms with Crippen LogP contribution >= 0.6 is 11.6 Å². The molecule has 2 N–H and O–H groups in total. The molecule has 1 aromatic carbocycles. The van der Waals surface area contributed by atoms with Crippen LogP contribution in [0.15, 0.2) is 24.3 Å². The molecule has 0 radical (unpaired) electrons. The van der Waals surface area contributed by atoms with E-state index in [0.29, 0.717) is 18.4 Å². The molecule has 0 saturated carbocycles. The van der Waals surface area contributed by atoms with Crippen molar-refractivity contribution in [3.05, 3.63) is 34.9 Å². The number of carboxylic acid groups (broad SMARTS) is 2. The number of halogens is 1. The molecule has 0 aliphatic carbocycles. The Kier molecular flexibility index (Phi) is 6.06. The molecular formula is C14H15ClO5. The molecule has 0 spiro atoms. The van der Waals surface area contributed by atoms with E-state index in [1.807, 2.05) is 6.92 Å². The van der Waals surface area contributed by atoms with Crippen molar-refractivity contribution < 1.29 is 24.5 Å². The van der Waals surface area contributed by atoms with Gasteiger partial charge in [-0.25, -0.2) is 9.59 Å². The van der Waals surface area contributed by atoms with E-state index in [1.165, 1.54) is 18.2 Å². The summed E-state index contributed by atoms with van der Waals surface area (Å²) in [5.41, 5.74) is 0.590. The van der Waals surface area contributed by atoms with Crippen LogP contribution in [0.1, 0.15) is 25.3 Å². The Morgan fingerprint density at radius 1 is 1.40 bits per heavy atom. The van der Waals surface area contributed by atoms with E-state index in [1.54, 1.807) is 6.07 Å². The second-order valence-electron chi connectivity index (χ2n) is 4.09. The highest BCUT2D eigenvalue weighted by Gasteiger charge is 2.19. The Balaban J connectivity index is 2.87. The Bertz CT molecular complexity index is 524. The van der Waals surface area contributed by atoms with Crippen LogP contribution in [-0.4, -0.2) is 28.3 Å². The Labute approximate surface area is 121 Å². The first-order valence-electron chi connectivity index (χ1n) is 6.04. The number of carboxylic acids is 2. The third-order valence-corrected chi connectivity index (χ3v) is 2.77. The zero-order valence-corrected chi connectivity index (χ0v) is 11.6. The van der Waals surface area contributed by atoms with Gasteiger partial charge in [-0.2, -0.15) is 0 Å². The fourth-order valence-corrected chi connectivity index (χ4v) is 1.77. The number of hydrogen-bond donors (Lipinski definition) is 2. The SMILES string of the molecule is CCCC(Oc1ccc(/C=C/C(=O)O)cc1Cl)C(=O)O. The summed E-state index contributed by atoms with van der Waals surface area (Å²) in [4.78, 5) is 21.4. The highest BCUT2D eigenvalue weighted by Crippen LogP contribution is 2.27. The molecule has 0 saturated heterocycles. The van der Waals surface area contributed by atoms with Crippen LogP contribution in [0.5, 0.6) is 5.75 Å². The lowest BCUT2D eigenvalue weighted by molar-refractivity contribution is -0.145. The van der Waals surface area contributed by atoms with E-state index >= 15 is 0 Å². The molecule has 0 aromatic heterocycles. The van der Waals surface area contributed by atoms with Crippen LogP contribution in [0, 0.1) is 0 Å². The summed E-state index contributed by atoms with van der Waals surface area (Å²) >= 11 is 5.99. The van der Waals surface area contributed by atoms with Crippen molar-refractivity contribution in [2.24, 2.45) is 0 Å². The number of rotatable bonds is 7. The molecule has 20 heavy (non-hydrogen) atoms. The highest BCUT2D eigenvalue weighted by atomic mass is 35.5. The van der Waals surface area contributed by atoms with Crippen LogP contribution in [0.4, 0.5) is 0 Å². The van der Waals surface area contributed by atoms with Gasteiger partial charge in [-0.3, -0.25) is 0 Å². The van der Waals surface area contributed by atoms with Gasteiger partial charge in [-0.05, 0) is 30.2 Å². The van der Waals surface area contributed by atoms with Crippen molar-refractivity contribution >= 4 is 29.6 Å². The van der Waals surface area contributed by atoms with E-state index in [2.05, 4.69) is 0 Å². The monoisotopic (exact) mass is 298 g/mol. The summed E-state index contributed by atoms with van der Waals surface area (Å²) in [7, 11) is 0. The molecule has 0 bridgehead atoms. The van der Waals surface area contributed by atoms with Crippen LogP contribution in [-0.2, 0) is 9.59 Å². The van der Waals surface area contributed by atoms with E-state index in [9.17, 15) is 9.59 Å². The van der Waals surface area contributed by atoms with E-state index in [4.69, 9.17) is 26.6 Å². The molecule has 1 aromatic rings. The van der Waals surface area contributed by atoms with Crippen molar-refractivity contribution in [1.82, 2.24) is 0 Å². The quantitative estimate of drug-likeness (QED) is 0.756. The van der Waals surface area contributed by atoms with E-state index in [-0.39, 0.29) is 10.8 Å². The van der Waals surface area contributed by atoms with Gasteiger partial charge in [0.1, 0.15) is 5.75 Å². The smallest absolute Gasteiger partial charge is 0.344 e. The minimum Gasteiger partial charge on any atom is -0.479 e. The van der Waals surface area contributed by atoms with Gasteiger partial charge < -0.3 is 14.9 Å². The molecule has 6 heteroatoms. The topological polar surface area (TPSA) is 83.8 Å². The minimum atomic E-state index is -1.06. The molecule has 1 unspecified atom stereocenters. The van der Waals surface area contributed by atoms with Crippen LogP contribution in [0.3, 0.4) is 0 Å². The fourth-order valence-electron chi connectivity index (χ4n) is 1.53. The third kappa shape index (κ3) is 4.93. The Hall–Kier alpha value is -2.01. The summed E-state index contributed by atoms with van der Waals surface area (Å²) in [5, 5.41) is 17.8. The lowest BCUT2D eigenvalue weighted by atomic mass is 10.2. The third-order valence-electron chi connectivity index (χ3n) is 2.47. The van der Waals surface area contributed by atoms with E-state index < -0.39 is 18.0 Å². The lowest BCUT2D eigenvalue weighted by Crippen LogP contribution is -2.26. The van der Waals surface area contributed by atoms with Crippen molar-refractivity contribution in [1.29, 1.82) is 0 Å². The molecule has 0 heterocycles. The summed E-state index contributed by atoms with van der Waals surface area (Å²) < 4.78 is 5.36. The van der Waals surface area contributed by atoms with Crippen LogP contribution < -0.4 is 4.74 Å². The molecule has 108 valence electrons. The molecular weight excluding hydrogens is 284 g/mol. The largest absolute Gasteiger partial charge is 0.479 e. The number of aliphatic carboxylic acids is 2. The number of carbonyl (C=O) groups is 2. The maximum absolute atomic E-state index is 11.0. The average Bonchev–Trinajstić information content (AvgIpc) is 2.38. The molecule has 0 aliphatic rings. The number of benzene rings is 1. The molecule has 0 aliphatic heterocycles. The summed E-state index contributed by atoms with van der Waals surface area (Å²) in [6, 6.07) is 4.64. The first kappa shape index (κ1) is 16.0. The van der Waals surface area contributed by atoms with Crippen LogP contribution in [0.25, 0.3) is 6.08 Å². The summed E-state index contributed by atoms with van der Waals surface area (Å²) in [6.45, 7) is 1.86. The van der Waals surface area contributed by atoms with Crippen molar-refractivity contribution in [2.45, 2.75) is 25.9 Å². The van der Waals surface area contributed by atoms with Crippen molar-refractivity contribution in [3.63, 3.8) is 0 Å². The molecule has 1 rings (SSSR count). The first-order valence-corrected chi connectivity index (χ1v) is 6.41. The van der Waals surface area contributed by atoms with Gasteiger partial charge >= 0.3 is 11.9 Å². The zero-order chi connectivity index (χ0) is 15.1. The second kappa shape index (κ2) is 7.55. The number of hydrogen-bond acceptors (Lipinski definition) is 3. The second-order valence-corrected chi connectivity index (χ2v) is 4.50. The van der Waals surface area contributed by atoms with Gasteiger partial charge in [0.15, 0.2) is 6.10 Å². The van der Waals surface area contributed by atoms with Gasteiger partial charge in [0.05, 0.1) is 5.02 Å². The summed E-state index contributed by atoms with van der Waals surface area (Å²) in [5.74, 6) is -1.84. The Morgan fingerprint density at radius 3 is 2.60 bits per heavy atom. The van der Waals surface area contributed by atoms with Crippen molar-refractivity contribution in [2.75, 3.05) is 0 Å². The molecule has 0 fully saturated rings. The zero-order valence-electron chi connectivity index (χ0n) is 10.9. The van der Waals surface area contributed by atoms with Gasteiger partial charge in [0.25, 0.3) is 0 Å². The normalized spacial score (nSPS) is 12.3. The standard InChI is InChI=1S/C14H15ClO5/c1-2-3-12(14(18)19)20-11-6-4-9(8-10(11)15)5-7-13(16)17/h4-8,12H,2-3H2,1H3,(H,16,17)(H,18,19)/b7-5+. The van der Waals surface area contributed by atoms with E-state index in [0.717, 1.165) is 6.08 Å². The molecule has 5 nitrogen and oxygen atoms in total. The predicted octanol–water partition coefficient (Wildman–Crippen LogP) is 3.07. The maximum Gasteiger partial charge on any atom is 0.344 e. The van der Waals surface area contributed by atoms with Crippen LogP contribution in [0.2, 0.25) is 5.02 Å². The van der Waals surface area contributed by atoms with Gasteiger partial charge in [-0.1, -0.05) is 31.0 Å². The average molecular weight is 299 g/mol. The highest BCUT2D eigenvalue weighted by molar-refractivity contribution is 6.32. The fraction of sp³-hybridized carbons (Fsp3) is 0.286. The number of ether oxygens (including phenoxy) is 1. The van der Waals surface area contributed by atoms with Gasteiger partial charge in [0, 0.05) is 6.08 Å². The lowest BCUT2D eigenvalue weighted by Gasteiger charge is -2.15. The predicted molar refractivity (Wildman–Crippen MR) is 75.1 cm³/mol. The summed E-state index contributed by atoms with van der Waals surface area (Å²) in [6.07, 6.45) is 2.49. The first-order chi connectivity index (χ1) is 9.43. The van der Waals surface area contributed by atoms with Gasteiger partial charge in [0.2, 0.25) is 0 Å². The maximum atomic E-state index is 11.0. The Morgan fingerprint density at radius 2 is 2.10 bits per heavy atom.